The van der Waals surface area contributed by atoms with E-state index in [1.807, 2.05) is 25.1 Å². The first-order valence-electron chi connectivity index (χ1n) is 4.98. The van der Waals surface area contributed by atoms with Crippen LogP contribution in [0.4, 0.5) is 0 Å². The van der Waals surface area contributed by atoms with Crippen molar-refractivity contribution in [3.63, 3.8) is 0 Å². The number of hydrogen-bond acceptors (Lipinski definition) is 3. The Morgan fingerprint density at radius 3 is 2.62 bits per heavy atom. The van der Waals surface area contributed by atoms with Crippen molar-refractivity contribution in [2.24, 2.45) is 0 Å². The standard InChI is InChI=1S/C12H16O4/c1-8-5-4-6-10(15-2)9(8)7-11(16-3)12(13)14/h4-6,11H,7H2,1-3H3,(H,13,14). The van der Waals surface area contributed by atoms with Crippen molar-refractivity contribution in [2.75, 3.05) is 14.2 Å². The van der Waals surface area contributed by atoms with Crippen molar-refractivity contribution in [3.8, 4) is 5.75 Å². The summed E-state index contributed by atoms with van der Waals surface area (Å²) in [5, 5.41) is 8.92. The molecule has 0 saturated carbocycles. The highest BCUT2D eigenvalue weighted by atomic mass is 16.5. The van der Waals surface area contributed by atoms with Gasteiger partial charge < -0.3 is 14.6 Å². The van der Waals surface area contributed by atoms with Crippen LogP contribution in [0, 0.1) is 6.92 Å². The van der Waals surface area contributed by atoms with Gasteiger partial charge in [0.2, 0.25) is 0 Å². The Kier molecular flexibility index (Phi) is 4.31. The van der Waals surface area contributed by atoms with Crippen LogP contribution in [0.3, 0.4) is 0 Å². The van der Waals surface area contributed by atoms with E-state index in [9.17, 15) is 4.79 Å². The van der Waals surface area contributed by atoms with Crippen molar-refractivity contribution < 1.29 is 19.4 Å². The molecule has 0 bridgehead atoms. The summed E-state index contributed by atoms with van der Waals surface area (Å²) in [4.78, 5) is 10.9. The van der Waals surface area contributed by atoms with Crippen LogP contribution in [0.5, 0.6) is 5.75 Å². The summed E-state index contributed by atoms with van der Waals surface area (Å²) in [6.07, 6.45) is -0.531. The third kappa shape index (κ3) is 2.73. The highest BCUT2D eigenvalue weighted by Gasteiger charge is 2.20. The number of carboxylic acids is 1. The Hall–Kier alpha value is -1.55. The van der Waals surface area contributed by atoms with Crippen molar-refractivity contribution >= 4 is 5.97 Å². The van der Waals surface area contributed by atoms with Crippen LogP contribution in [0.1, 0.15) is 11.1 Å². The van der Waals surface area contributed by atoms with Crippen molar-refractivity contribution in [3.05, 3.63) is 29.3 Å². The molecule has 88 valence electrons. The van der Waals surface area contributed by atoms with Gasteiger partial charge in [0, 0.05) is 19.1 Å². The van der Waals surface area contributed by atoms with Crippen LogP contribution in [0.25, 0.3) is 0 Å². The molecule has 1 atom stereocenters. The van der Waals surface area contributed by atoms with E-state index in [-0.39, 0.29) is 0 Å². The molecule has 0 spiro atoms. The van der Waals surface area contributed by atoms with E-state index in [4.69, 9.17) is 14.6 Å². The molecule has 1 aromatic carbocycles. The lowest BCUT2D eigenvalue weighted by molar-refractivity contribution is -0.148. The van der Waals surface area contributed by atoms with Gasteiger partial charge in [0.1, 0.15) is 5.75 Å². The van der Waals surface area contributed by atoms with Gasteiger partial charge >= 0.3 is 5.97 Å². The minimum absolute atomic E-state index is 0.307. The SMILES string of the molecule is COc1cccc(C)c1CC(OC)C(=O)O. The molecule has 0 saturated heterocycles. The van der Waals surface area contributed by atoms with Crippen LogP contribution < -0.4 is 4.74 Å². The Morgan fingerprint density at radius 2 is 2.12 bits per heavy atom. The third-order valence-corrected chi connectivity index (χ3v) is 2.54. The Bertz CT molecular complexity index is 373. The normalized spacial score (nSPS) is 12.2. The maximum absolute atomic E-state index is 10.9. The zero-order valence-electron chi connectivity index (χ0n) is 9.69. The molecular formula is C12H16O4. The summed E-state index contributed by atoms with van der Waals surface area (Å²) in [6, 6.07) is 5.61. The van der Waals surface area contributed by atoms with E-state index in [1.165, 1.54) is 7.11 Å². The van der Waals surface area contributed by atoms with Gasteiger partial charge in [-0.3, -0.25) is 0 Å². The van der Waals surface area contributed by atoms with E-state index in [0.29, 0.717) is 12.2 Å². The minimum Gasteiger partial charge on any atom is -0.496 e. The first-order valence-corrected chi connectivity index (χ1v) is 4.98. The number of aliphatic carboxylic acids is 1. The summed E-state index contributed by atoms with van der Waals surface area (Å²) in [7, 11) is 2.96. The van der Waals surface area contributed by atoms with E-state index >= 15 is 0 Å². The first kappa shape index (κ1) is 12.5. The summed E-state index contributed by atoms with van der Waals surface area (Å²) < 4.78 is 10.1. The zero-order valence-corrected chi connectivity index (χ0v) is 9.69. The molecule has 1 unspecified atom stereocenters. The average Bonchev–Trinajstić information content (AvgIpc) is 2.26. The van der Waals surface area contributed by atoms with Crippen molar-refractivity contribution in [1.82, 2.24) is 0 Å². The zero-order chi connectivity index (χ0) is 12.1. The summed E-state index contributed by atoms with van der Waals surface area (Å²) in [6.45, 7) is 1.92. The molecule has 0 aromatic heterocycles. The van der Waals surface area contributed by atoms with Gasteiger partial charge in [0.15, 0.2) is 6.10 Å². The van der Waals surface area contributed by atoms with Gasteiger partial charge in [-0.2, -0.15) is 0 Å². The molecule has 1 N–H and O–H groups in total. The second-order valence-corrected chi connectivity index (χ2v) is 3.52. The number of benzene rings is 1. The highest BCUT2D eigenvalue weighted by Crippen LogP contribution is 2.23. The number of methoxy groups -OCH3 is 2. The van der Waals surface area contributed by atoms with E-state index in [2.05, 4.69) is 0 Å². The van der Waals surface area contributed by atoms with Crippen LogP contribution in [0.2, 0.25) is 0 Å². The Morgan fingerprint density at radius 1 is 1.44 bits per heavy atom. The summed E-state index contributed by atoms with van der Waals surface area (Å²) in [5.41, 5.74) is 1.88. The number of aryl methyl sites for hydroxylation is 1. The second-order valence-electron chi connectivity index (χ2n) is 3.52. The van der Waals surface area contributed by atoms with Crippen LogP contribution in [0.15, 0.2) is 18.2 Å². The molecule has 1 aromatic rings. The summed E-state index contributed by atoms with van der Waals surface area (Å²) in [5.74, 6) is -0.267. The molecule has 1 rings (SSSR count). The summed E-state index contributed by atoms with van der Waals surface area (Å²) >= 11 is 0. The molecule has 0 heterocycles. The van der Waals surface area contributed by atoms with Gasteiger partial charge in [-0.15, -0.1) is 0 Å². The van der Waals surface area contributed by atoms with Gasteiger partial charge in [0.25, 0.3) is 0 Å². The first-order chi connectivity index (χ1) is 7.60. The molecule has 0 aliphatic rings. The number of hydrogen-bond donors (Lipinski definition) is 1. The Labute approximate surface area is 94.8 Å². The van der Waals surface area contributed by atoms with Gasteiger partial charge in [-0.1, -0.05) is 12.1 Å². The van der Waals surface area contributed by atoms with E-state index in [0.717, 1.165) is 11.1 Å². The van der Waals surface area contributed by atoms with E-state index in [1.54, 1.807) is 7.11 Å². The third-order valence-electron chi connectivity index (χ3n) is 2.54. The molecule has 4 heteroatoms. The lowest BCUT2D eigenvalue weighted by atomic mass is 10.0. The predicted molar refractivity (Wildman–Crippen MR) is 59.9 cm³/mol. The molecule has 0 aliphatic heterocycles. The largest absolute Gasteiger partial charge is 0.496 e. The number of carboxylic acid groups (broad SMARTS) is 1. The fourth-order valence-electron chi connectivity index (χ4n) is 1.59. The molecule has 16 heavy (non-hydrogen) atoms. The number of rotatable bonds is 5. The fraction of sp³-hybridized carbons (Fsp3) is 0.417. The van der Waals surface area contributed by atoms with Gasteiger partial charge in [-0.05, 0) is 18.6 Å². The lowest BCUT2D eigenvalue weighted by Gasteiger charge is -2.15. The monoisotopic (exact) mass is 224 g/mol. The molecule has 0 aliphatic carbocycles. The Balaban J connectivity index is 2.98. The topological polar surface area (TPSA) is 55.8 Å². The smallest absolute Gasteiger partial charge is 0.333 e. The predicted octanol–water partition coefficient (Wildman–Crippen LogP) is 1.65. The second kappa shape index (κ2) is 5.51. The van der Waals surface area contributed by atoms with Crippen LogP contribution in [-0.4, -0.2) is 31.4 Å². The highest BCUT2D eigenvalue weighted by molar-refractivity contribution is 5.73. The minimum atomic E-state index is -0.965. The molecule has 0 amide bonds. The number of ether oxygens (including phenoxy) is 2. The average molecular weight is 224 g/mol. The number of carbonyl (C=O) groups is 1. The lowest BCUT2D eigenvalue weighted by Crippen LogP contribution is -2.25. The maximum atomic E-state index is 10.9. The van der Waals surface area contributed by atoms with Crippen molar-refractivity contribution in [1.29, 1.82) is 0 Å². The van der Waals surface area contributed by atoms with Crippen LogP contribution in [-0.2, 0) is 16.0 Å². The molecule has 0 radical (unpaired) electrons. The van der Waals surface area contributed by atoms with Crippen LogP contribution >= 0.6 is 0 Å². The van der Waals surface area contributed by atoms with Crippen molar-refractivity contribution in [2.45, 2.75) is 19.4 Å². The van der Waals surface area contributed by atoms with Gasteiger partial charge in [0.05, 0.1) is 7.11 Å². The molecular weight excluding hydrogens is 208 g/mol. The van der Waals surface area contributed by atoms with Gasteiger partial charge in [-0.25, -0.2) is 4.79 Å². The maximum Gasteiger partial charge on any atom is 0.333 e. The quantitative estimate of drug-likeness (QED) is 0.826. The molecule has 0 fully saturated rings. The van der Waals surface area contributed by atoms with E-state index < -0.39 is 12.1 Å². The fourth-order valence-corrected chi connectivity index (χ4v) is 1.59. The molecule has 4 nitrogen and oxygen atoms in total.